The summed E-state index contributed by atoms with van der Waals surface area (Å²) in [5.41, 5.74) is 0. The third kappa shape index (κ3) is 51.3. The van der Waals surface area contributed by atoms with Crippen molar-refractivity contribution in [3.05, 3.63) is 36.5 Å². The van der Waals surface area contributed by atoms with Gasteiger partial charge in [-0.15, -0.1) is 0 Å². The summed E-state index contributed by atoms with van der Waals surface area (Å²) in [6.45, 7) is 4.87. The maximum Gasteiger partial charge on any atom is 0.305 e. The molecular formula is C59H111NO5. The molecule has 0 spiro atoms. The maximum atomic E-state index is 12.5. The predicted molar refractivity (Wildman–Crippen MR) is 283 cm³/mol. The van der Waals surface area contributed by atoms with Crippen molar-refractivity contribution in [2.75, 3.05) is 13.2 Å². The first kappa shape index (κ1) is 63.1. The molecule has 0 heterocycles. The zero-order valence-corrected chi connectivity index (χ0v) is 43.5. The number of aliphatic hydroxyl groups is 2. The van der Waals surface area contributed by atoms with Crippen molar-refractivity contribution in [3.63, 3.8) is 0 Å². The van der Waals surface area contributed by atoms with Gasteiger partial charge in [-0.05, 0) is 64.2 Å². The summed E-state index contributed by atoms with van der Waals surface area (Å²) in [4.78, 5) is 24.5. The molecule has 0 radical (unpaired) electrons. The van der Waals surface area contributed by atoms with Gasteiger partial charge in [0.1, 0.15) is 0 Å². The van der Waals surface area contributed by atoms with Crippen molar-refractivity contribution in [2.24, 2.45) is 0 Å². The second-order valence-electron chi connectivity index (χ2n) is 19.6. The number of rotatable bonds is 53. The van der Waals surface area contributed by atoms with Crippen LogP contribution in [0.25, 0.3) is 0 Å². The van der Waals surface area contributed by atoms with Crippen LogP contribution >= 0.6 is 0 Å². The lowest BCUT2D eigenvalue weighted by Crippen LogP contribution is -2.45. The Kier molecular flexibility index (Phi) is 53.1. The first-order valence-electron chi connectivity index (χ1n) is 28.8. The molecule has 1 amide bonds. The number of allylic oxidation sites excluding steroid dienone is 5. The summed E-state index contributed by atoms with van der Waals surface area (Å²) in [5.74, 6) is -0.0946. The van der Waals surface area contributed by atoms with Crippen molar-refractivity contribution >= 4 is 11.9 Å². The predicted octanol–water partition coefficient (Wildman–Crippen LogP) is 17.6. The summed E-state index contributed by atoms with van der Waals surface area (Å²) in [6.07, 6.45) is 67.2. The van der Waals surface area contributed by atoms with E-state index in [1.807, 2.05) is 6.08 Å². The van der Waals surface area contributed by atoms with Crippen LogP contribution in [0, 0.1) is 0 Å². The van der Waals surface area contributed by atoms with E-state index in [1.54, 1.807) is 6.08 Å². The quantitative estimate of drug-likeness (QED) is 0.0321. The molecule has 6 heteroatoms. The van der Waals surface area contributed by atoms with Crippen LogP contribution in [0.1, 0.15) is 303 Å². The third-order valence-corrected chi connectivity index (χ3v) is 13.2. The van der Waals surface area contributed by atoms with Crippen LogP contribution in [0.2, 0.25) is 0 Å². The van der Waals surface area contributed by atoms with E-state index in [0.717, 1.165) is 64.2 Å². The van der Waals surface area contributed by atoms with Crippen molar-refractivity contribution in [3.8, 4) is 0 Å². The smallest absolute Gasteiger partial charge is 0.305 e. The summed E-state index contributed by atoms with van der Waals surface area (Å²) < 4.78 is 5.47. The normalized spacial score (nSPS) is 12.9. The molecule has 0 fully saturated rings. The van der Waals surface area contributed by atoms with Gasteiger partial charge in [0.15, 0.2) is 0 Å². The van der Waals surface area contributed by atoms with E-state index < -0.39 is 12.1 Å². The SMILES string of the molecule is CCCCCC/C=C\C/C=C\CCCCCCCC(=O)OCCCCCCCCCCCCCCCCC(=O)NC(CO)C(O)/C=C/CCCCCCCCCCCCCCCCCC. The van der Waals surface area contributed by atoms with E-state index in [9.17, 15) is 19.8 Å². The highest BCUT2D eigenvalue weighted by Crippen LogP contribution is 2.16. The van der Waals surface area contributed by atoms with Gasteiger partial charge >= 0.3 is 5.97 Å². The van der Waals surface area contributed by atoms with E-state index in [4.69, 9.17) is 4.74 Å². The Bertz CT molecular complexity index is 1060. The first-order valence-corrected chi connectivity index (χ1v) is 28.8. The number of nitrogens with one attached hydrogen (secondary N) is 1. The second kappa shape index (κ2) is 54.7. The first-order chi connectivity index (χ1) is 32.0. The van der Waals surface area contributed by atoms with Crippen molar-refractivity contribution < 1.29 is 24.5 Å². The van der Waals surface area contributed by atoms with E-state index in [0.29, 0.717) is 19.4 Å². The molecule has 3 N–H and O–H groups in total. The van der Waals surface area contributed by atoms with Crippen molar-refractivity contribution in [1.29, 1.82) is 0 Å². The minimum atomic E-state index is -0.853. The molecular weight excluding hydrogens is 803 g/mol. The summed E-state index contributed by atoms with van der Waals surface area (Å²) in [6, 6.07) is -0.637. The van der Waals surface area contributed by atoms with Gasteiger partial charge in [-0.2, -0.15) is 0 Å². The van der Waals surface area contributed by atoms with Gasteiger partial charge in [0.05, 0.1) is 25.4 Å². The highest BCUT2D eigenvalue weighted by molar-refractivity contribution is 5.76. The Hall–Kier alpha value is -1.92. The molecule has 0 aliphatic heterocycles. The monoisotopic (exact) mass is 914 g/mol. The molecule has 0 bridgehead atoms. The average molecular weight is 915 g/mol. The maximum absolute atomic E-state index is 12.5. The number of amides is 1. The van der Waals surface area contributed by atoms with Gasteiger partial charge in [-0.25, -0.2) is 0 Å². The third-order valence-electron chi connectivity index (χ3n) is 13.2. The zero-order chi connectivity index (χ0) is 47.2. The fraction of sp³-hybridized carbons (Fsp3) is 0.864. The average Bonchev–Trinajstić information content (AvgIpc) is 3.31. The van der Waals surface area contributed by atoms with Crippen LogP contribution in [0.3, 0.4) is 0 Å². The van der Waals surface area contributed by atoms with Gasteiger partial charge in [-0.1, -0.05) is 262 Å². The van der Waals surface area contributed by atoms with Crippen LogP contribution in [0.15, 0.2) is 36.5 Å². The number of ether oxygens (including phenoxy) is 1. The van der Waals surface area contributed by atoms with Crippen LogP contribution in [-0.4, -0.2) is 47.4 Å². The Morgan fingerprint density at radius 3 is 1.18 bits per heavy atom. The fourth-order valence-corrected chi connectivity index (χ4v) is 8.72. The minimum absolute atomic E-state index is 0.0169. The lowest BCUT2D eigenvalue weighted by atomic mass is 10.0. The lowest BCUT2D eigenvalue weighted by molar-refractivity contribution is -0.143. The highest BCUT2D eigenvalue weighted by Gasteiger charge is 2.18. The second-order valence-corrected chi connectivity index (χ2v) is 19.6. The van der Waals surface area contributed by atoms with Crippen LogP contribution < -0.4 is 5.32 Å². The molecule has 0 aliphatic carbocycles. The molecule has 382 valence electrons. The summed E-state index contributed by atoms with van der Waals surface area (Å²) >= 11 is 0. The molecule has 0 aliphatic rings. The zero-order valence-electron chi connectivity index (χ0n) is 43.5. The van der Waals surface area contributed by atoms with Gasteiger partial charge in [0.25, 0.3) is 0 Å². The molecule has 0 rings (SSSR count). The molecule has 65 heavy (non-hydrogen) atoms. The number of aliphatic hydroxyl groups excluding tert-OH is 2. The van der Waals surface area contributed by atoms with Gasteiger partial charge in [0.2, 0.25) is 5.91 Å². The molecule has 2 atom stereocenters. The molecule has 0 aromatic rings. The molecule has 6 nitrogen and oxygen atoms in total. The van der Waals surface area contributed by atoms with E-state index in [1.165, 1.54) is 212 Å². The number of unbranched alkanes of at least 4 members (excludes halogenated alkanes) is 38. The summed E-state index contributed by atoms with van der Waals surface area (Å²) in [7, 11) is 0. The van der Waals surface area contributed by atoms with Gasteiger partial charge in [0, 0.05) is 12.8 Å². The van der Waals surface area contributed by atoms with Crippen LogP contribution in [0.4, 0.5) is 0 Å². The van der Waals surface area contributed by atoms with Gasteiger partial charge < -0.3 is 20.3 Å². The van der Waals surface area contributed by atoms with E-state index in [-0.39, 0.29) is 18.5 Å². The highest BCUT2D eigenvalue weighted by atomic mass is 16.5. The van der Waals surface area contributed by atoms with E-state index in [2.05, 4.69) is 43.5 Å². The van der Waals surface area contributed by atoms with Crippen molar-refractivity contribution in [2.45, 2.75) is 315 Å². The number of carbonyl (C=O) groups excluding carboxylic acids is 2. The Labute approximate surface area is 404 Å². The Morgan fingerprint density at radius 1 is 0.431 bits per heavy atom. The minimum Gasteiger partial charge on any atom is -0.466 e. The molecule has 0 aromatic carbocycles. The van der Waals surface area contributed by atoms with Gasteiger partial charge in [-0.3, -0.25) is 9.59 Å². The van der Waals surface area contributed by atoms with Crippen LogP contribution in [0.5, 0.6) is 0 Å². The largest absolute Gasteiger partial charge is 0.466 e. The molecule has 2 unspecified atom stereocenters. The molecule has 0 saturated carbocycles. The van der Waals surface area contributed by atoms with E-state index >= 15 is 0 Å². The number of carbonyl (C=O) groups is 2. The lowest BCUT2D eigenvalue weighted by Gasteiger charge is -2.20. The molecule has 0 saturated heterocycles. The Balaban J connectivity index is 3.48. The topological polar surface area (TPSA) is 95.9 Å². The summed E-state index contributed by atoms with van der Waals surface area (Å²) in [5, 5.41) is 23.1. The number of hydrogen-bond acceptors (Lipinski definition) is 5. The number of hydrogen-bond donors (Lipinski definition) is 3. The Morgan fingerprint density at radius 2 is 0.769 bits per heavy atom. The molecule has 0 aromatic heterocycles. The van der Waals surface area contributed by atoms with Crippen molar-refractivity contribution in [1.82, 2.24) is 5.32 Å². The fourth-order valence-electron chi connectivity index (χ4n) is 8.72. The van der Waals surface area contributed by atoms with Crippen LogP contribution in [-0.2, 0) is 14.3 Å². The standard InChI is InChI=1S/C59H111NO5/c1-3-5-7-9-11-13-15-17-19-21-22-23-27-31-35-39-43-47-51-57(62)56(55-61)60-58(63)52-48-44-40-36-32-28-25-26-30-34-38-42-46-50-54-65-59(64)53-49-45-41-37-33-29-24-20-18-16-14-12-10-8-6-4-2/h14,16,20,24,47,51,56-57,61-62H,3-13,15,17-19,21-23,25-46,48-50,52-55H2,1-2H3,(H,60,63)/b16-14-,24-20-,51-47+. The number of esters is 1.